The van der Waals surface area contributed by atoms with Crippen molar-refractivity contribution in [1.82, 2.24) is 14.7 Å². The predicted octanol–water partition coefficient (Wildman–Crippen LogP) is 4.57. The van der Waals surface area contributed by atoms with E-state index in [-0.39, 0.29) is 25.1 Å². The zero-order chi connectivity index (χ0) is 23.6. The molecule has 4 rings (SSSR count). The number of carbonyl (C=O) groups excluding carboxylic acids is 1. The summed E-state index contributed by atoms with van der Waals surface area (Å²) in [5.74, 6) is -0.0905. The molecule has 0 saturated heterocycles. The summed E-state index contributed by atoms with van der Waals surface area (Å²) in [5, 5.41) is 14.9. The van der Waals surface area contributed by atoms with Gasteiger partial charge in [0.15, 0.2) is 5.65 Å². The molecule has 2 heterocycles. The Hall–Kier alpha value is -3.33. The van der Waals surface area contributed by atoms with Gasteiger partial charge >= 0.3 is 6.18 Å². The number of imidazole rings is 1. The van der Waals surface area contributed by atoms with Crippen LogP contribution in [0.15, 0.2) is 42.7 Å². The third-order valence-electron chi connectivity index (χ3n) is 5.45. The number of fused-ring (bicyclic) bond motifs is 1. The molecule has 0 unspecified atom stereocenters. The summed E-state index contributed by atoms with van der Waals surface area (Å²) in [6.45, 7) is 1.43. The summed E-state index contributed by atoms with van der Waals surface area (Å²) in [4.78, 5) is 16.9. The fourth-order valence-electron chi connectivity index (χ4n) is 3.64. The van der Waals surface area contributed by atoms with Crippen LogP contribution < -0.4 is 10.6 Å². The van der Waals surface area contributed by atoms with Crippen LogP contribution in [0.4, 0.5) is 18.9 Å². The Kier molecular flexibility index (Phi) is 6.42. The van der Waals surface area contributed by atoms with E-state index in [1.807, 2.05) is 25.3 Å². The molecule has 1 aliphatic rings. The third kappa shape index (κ3) is 5.54. The van der Waals surface area contributed by atoms with Gasteiger partial charge in [-0.05, 0) is 49.1 Å². The fraction of sp³-hybridized carbons (Fsp3) is 0.333. The average Bonchev–Trinajstić information content (AvgIpc) is 3.46. The van der Waals surface area contributed by atoms with E-state index in [0.717, 1.165) is 29.7 Å². The van der Waals surface area contributed by atoms with E-state index in [1.165, 1.54) is 0 Å². The van der Waals surface area contributed by atoms with Gasteiger partial charge in [-0.25, -0.2) is 4.98 Å². The molecule has 3 aromatic rings. The average molecular weight is 458 g/mol. The molecule has 0 atom stereocenters. The first-order valence-electron chi connectivity index (χ1n) is 10.8. The number of halogens is 3. The lowest BCUT2D eigenvalue weighted by atomic mass is 10.0. The molecule has 1 amide bonds. The number of carbonyl (C=O) groups is 1. The van der Waals surface area contributed by atoms with Crippen molar-refractivity contribution in [2.45, 2.75) is 38.4 Å². The summed E-state index contributed by atoms with van der Waals surface area (Å²) < 4.78 is 39.6. The molecule has 1 aliphatic carbocycles. The maximum Gasteiger partial charge on any atom is 0.390 e. The van der Waals surface area contributed by atoms with Crippen LogP contribution in [0.1, 0.15) is 40.7 Å². The zero-order valence-corrected chi connectivity index (χ0v) is 18.1. The van der Waals surface area contributed by atoms with E-state index in [1.54, 1.807) is 34.9 Å². The van der Waals surface area contributed by atoms with Crippen molar-refractivity contribution in [3.8, 4) is 11.3 Å². The van der Waals surface area contributed by atoms with E-state index < -0.39 is 12.6 Å². The summed E-state index contributed by atoms with van der Waals surface area (Å²) in [5.41, 5.74) is 4.64. The molecule has 174 valence electrons. The first kappa shape index (κ1) is 22.8. The van der Waals surface area contributed by atoms with Gasteiger partial charge in [-0.2, -0.15) is 13.2 Å². The van der Waals surface area contributed by atoms with Crippen LogP contribution in [0.3, 0.4) is 0 Å². The lowest BCUT2D eigenvalue weighted by molar-refractivity contribution is -0.131. The Labute approximate surface area is 189 Å². The van der Waals surface area contributed by atoms with Crippen molar-refractivity contribution >= 4 is 23.3 Å². The van der Waals surface area contributed by atoms with Crippen molar-refractivity contribution in [2.24, 2.45) is 0 Å². The minimum atomic E-state index is -4.26. The summed E-state index contributed by atoms with van der Waals surface area (Å²) in [7, 11) is 0. The Morgan fingerprint density at radius 2 is 2.09 bits per heavy atom. The van der Waals surface area contributed by atoms with Crippen LogP contribution in [-0.4, -0.2) is 45.8 Å². The highest BCUT2D eigenvalue weighted by Crippen LogP contribution is 2.29. The molecule has 1 aromatic carbocycles. The van der Waals surface area contributed by atoms with Crippen molar-refractivity contribution in [2.75, 3.05) is 18.5 Å². The topological polar surface area (TPSA) is 78.7 Å². The number of aromatic nitrogens is 2. The summed E-state index contributed by atoms with van der Waals surface area (Å²) in [6, 6.07) is 7.48. The maximum absolute atomic E-state index is 12.6. The largest absolute Gasteiger partial charge is 0.392 e. The van der Waals surface area contributed by atoms with Crippen molar-refractivity contribution < 1.29 is 23.1 Å². The van der Waals surface area contributed by atoms with Crippen molar-refractivity contribution in [1.29, 1.82) is 0 Å². The molecule has 0 aliphatic heterocycles. The quantitative estimate of drug-likeness (QED) is 0.462. The van der Waals surface area contributed by atoms with Crippen LogP contribution >= 0.6 is 0 Å². The maximum atomic E-state index is 12.6. The molecule has 2 aromatic heterocycles. The molecule has 6 nitrogen and oxygen atoms in total. The number of alkyl halides is 3. The second kappa shape index (κ2) is 9.27. The number of rotatable bonds is 8. The van der Waals surface area contributed by atoms with Gasteiger partial charge in [-0.3, -0.25) is 9.20 Å². The molecular formula is C24H25F3N4O2. The third-order valence-corrected chi connectivity index (χ3v) is 5.45. The Balaban J connectivity index is 1.69. The standard InChI is InChI=1S/C24H25F3N4O2/c1-15-11-17(4-7-19(15)23(33)30-18-5-6-18)21-13-29-22-20(28-9-8-24(25,26)27)12-16(3-2-10-32)14-31(21)22/h2-4,7,11-14,18,28,32H,5-6,8-10H2,1H3,(H,30,33)/b3-2-. The van der Waals surface area contributed by atoms with Gasteiger partial charge in [-0.15, -0.1) is 0 Å². The van der Waals surface area contributed by atoms with Gasteiger partial charge in [0.05, 0.1) is 30.6 Å². The van der Waals surface area contributed by atoms with Gasteiger partial charge < -0.3 is 15.7 Å². The SMILES string of the molecule is Cc1cc(-c2cnc3c(NCCC(F)(F)F)cc(/C=C\CO)cn23)ccc1C(=O)NC1CC1. The monoisotopic (exact) mass is 458 g/mol. The number of nitrogens with one attached hydrogen (secondary N) is 2. The molecule has 1 fully saturated rings. The normalized spacial score (nSPS) is 14.2. The molecule has 33 heavy (non-hydrogen) atoms. The van der Waals surface area contributed by atoms with Crippen LogP contribution in [0.2, 0.25) is 0 Å². The van der Waals surface area contributed by atoms with E-state index in [4.69, 9.17) is 5.11 Å². The minimum Gasteiger partial charge on any atom is -0.392 e. The molecule has 9 heteroatoms. The molecule has 3 N–H and O–H groups in total. The Morgan fingerprint density at radius 3 is 2.76 bits per heavy atom. The molecule has 0 radical (unpaired) electrons. The molecule has 1 saturated carbocycles. The number of aliphatic hydroxyl groups is 1. The fourth-order valence-corrected chi connectivity index (χ4v) is 3.64. The number of amides is 1. The number of anilines is 1. The molecular weight excluding hydrogens is 433 g/mol. The van der Waals surface area contributed by atoms with Gasteiger partial charge in [0, 0.05) is 29.9 Å². The van der Waals surface area contributed by atoms with Gasteiger partial charge in [0.2, 0.25) is 0 Å². The smallest absolute Gasteiger partial charge is 0.390 e. The number of hydrogen-bond acceptors (Lipinski definition) is 4. The number of nitrogens with zero attached hydrogens (tertiary/aromatic N) is 2. The lowest BCUT2D eigenvalue weighted by Gasteiger charge is -2.13. The van der Waals surface area contributed by atoms with Crippen molar-refractivity contribution in [3.63, 3.8) is 0 Å². The van der Waals surface area contributed by atoms with Crippen LogP contribution in [0.25, 0.3) is 23.0 Å². The van der Waals surface area contributed by atoms with Crippen LogP contribution in [0.5, 0.6) is 0 Å². The van der Waals surface area contributed by atoms with Crippen LogP contribution in [-0.2, 0) is 0 Å². The van der Waals surface area contributed by atoms with E-state index >= 15 is 0 Å². The second-order valence-electron chi connectivity index (χ2n) is 8.18. The zero-order valence-electron chi connectivity index (χ0n) is 18.1. The van der Waals surface area contributed by atoms with Gasteiger partial charge in [-0.1, -0.05) is 18.2 Å². The summed E-state index contributed by atoms with van der Waals surface area (Å²) in [6.07, 6.45) is 3.50. The highest BCUT2D eigenvalue weighted by molar-refractivity contribution is 5.96. The number of hydrogen-bond donors (Lipinski definition) is 3. The van der Waals surface area contributed by atoms with Gasteiger partial charge in [0.1, 0.15) is 0 Å². The number of aliphatic hydroxyl groups excluding tert-OH is 1. The van der Waals surface area contributed by atoms with Crippen molar-refractivity contribution in [3.05, 3.63) is 59.4 Å². The Bertz CT molecular complexity index is 1200. The molecule has 0 spiro atoms. The first-order valence-corrected chi connectivity index (χ1v) is 10.8. The predicted molar refractivity (Wildman–Crippen MR) is 121 cm³/mol. The summed E-state index contributed by atoms with van der Waals surface area (Å²) >= 11 is 0. The lowest BCUT2D eigenvalue weighted by Crippen LogP contribution is -2.26. The Morgan fingerprint density at radius 1 is 1.30 bits per heavy atom. The highest BCUT2D eigenvalue weighted by atomic mass is 19.4. The second-order valence-corrected chi connectivity index (χ2v) is 8.18. The minimum absolute atomic E-state index is 0.0905. The van der Waals surface area contributed by atoms with E-state index in [2.05, 4.69) is 15.6 Å². The first-order chi connectivity index (χ1) is 15.7. The van der Waals surface area contributed by atoms with Gasteiger partial charge in [0.25, 0.3) is 5.91 Å². The van der Waals surface area contributed by atoms with Crippen LogP contribution in [0, 0.1) is 6.92 Å². The van der Waals surface area contributed by atoms with E-state index in [0.29, 0.717) is 22.5 Å². The molecule has 0 bridgehead atoms. The number of aryl methyl sites for hydroxylation is 1. The highest BCUT2D eigenvalue weighted by Gasteiger charge is 2.26. The number of benzene rings is 1. The van der Waals surface area contributed by atoms with E-state index in [9.17, 15) is 18.0 Å². The number of pyridine rings is 1.